The summed E-state index contributed by atoms with van der Waals surface area (Å²) in [7, 11) is 0. The SMILES string of the molecule is N#C[C@@H]1CC(F)(F)CN1C(=O)CNC(=O)c1ccnc2ccc(OCCCN3CCN(C(=O)c4ccc([211At])cc4)CC3)cc12. The molecule has 44 heavy (non-hydrogen) atoms. The molecule has 13 heteroatoms. The van der Waals surface area contributed by atoms with Gasteiger partial charge in [-0.3, -0.25) is 14.6 Å². The van der Waals surface area contributed by atoms with Crippen LogP contribution in [0.15, 0.2) is 54.7 Å². The fourth-order valence-electron chi connectivity index (χ4n) is 5.39. The van der Waals surface area contributed by atoms with Crippen LogP contribution in [-0.4, -0.2) is 102 Å². The van der Waals surface area contributed by atoms with Gasteiger partial charge in [0.25, 0.3) is 11.8 Å². The van der Waals surface area contributed by atoms with Crippen molar-refractivity contribution < 1.29 is 52.6 Å². The second-order valence-electron chi connectivity index (χ2n) is 10.8. The van der Waals surface area contributed by atoms with E-state index in [1.165, 1.54) is 15.5 Å². The normalized spacial score (nSPS) is 18.2. The summed E-state index contributed by atoms with van der Waals surface area (Å²) in [5.74, 6) is -3.82. The van der Waals surface area contributed by atoms with Crippen LogP contribution in [0.25, 0.3) is 10.9 Å². The summed E-state index contributed by atoms with van der Waals surface area (Å²) in [4.78, 5) is 47.5. The second-order valence-corrected chi connectivity index (χ2v) is 12.5. The molecule has 5 rings (SSSR count). The smallest absolute Gasteiger partial charge is 0.00973 e. The molecule has 10 nitrogen and oxygen atoms in total. The van der Waals surface area contributed by atoms with Crippen LogP contribution in [0, 0.1) is 36.1 Å². The van der Waals surface area contributed by atoms with Gasteiger partial charge in [0, 0.05) is 18.0 Å². The van der Waals surface area contributed by atoms with Crippen molar-refractivity contribution in [2.24, 2.45) is 0 Å². The number of benzene rings is 2. The van der Waals surface area contributed by atoms with Crippen molar-refractivity contribution in [2.75, 3.05) is 52.4 Å². The van der Waals surface area contributed by atoms with Crippen molar-refractivity contribution in [1.29, 1.82) is 5.26 Å². The van der Waals surface area contributed by atoms with E-state index in [4.69, 9.17) is 10.00 Å². The molecule has 0 aliphatic carbocycles. The number of hydrogen-bond acceptors (Lipinski definition) is 7. The van der Waals surface area contributed by atoms with Crippen molar-refractivity contribution in [2.45, 2.75) is 24.8 Å². The first-order valence-electron chi connectivity index (χ1n) is 14.3. The van der Waals surface area contributed by atoms with Gasteiger partial charge in [-0.25, -0.2) is 8.78 Å². The Morgan fingerprint density at radius 2 is 1.84 bits per heavy atom. The Morgan fingerprint density at radius 3 is 2.57 bits per heavy atom. The van der Waals surface area contributed by atoms with Crippen molar-refractivity contribution in [3.05, 3.63) is 65.9 Å². The predicted molar refractivity (Wildman–Crippen MR) is 153 cm³/mol. The molecule has 2 aliphatic rings. The van der Waals surface area contributed by atoms with Gasteiger partial charge in [-0.05, 0) is 24.3 Å². The molecular formula is C31H31AtF2N6O4. The van der Waals surface area contributed by atoms with Gasteiger partial charge >= 0.3 is 124 Å². The minimum Gasteiger partial charge on any atom is -0.00973 e. The van der Waals surface area contributed by atoms with Gasteiger partial charge in [0.15, 0.2) is 0 Å². The van der Waals surface area contributed by atoms with E-state index < -0.39 is 43.3 Å². The van der Waals surface area contributed by atoms with Crippen LogP contribution >= 0.6 is 0 Å². The van der Waals surface area contributed by atoms with Gasteiger partial charge in [0.2, 0.25) is 5.91 Å². The molecule has 0 radical (unpaired) electrons. The minimum atomic E-state index is -3.13. The number of amides is 3. The largest absolute Gasteiger partial charge is 0.0166 e. The Bertz CT molecular complexity index is 1570. The number of piperazine rings is 1. The second kappa shape index (κ2) is 13.9. The number of nitrogens with zero attached hydrogens (tertiary/aromatic N) is 5. The van der Waals surface area contributed by atoms with Crippen molar-refractivity contribution >= 4 is 31.9 Å². The Hall–Kier alpha value is -3.75. The van der Waals surface area contributed by atoms with Crippen molar-refractivity contribution in [3.63, 3.8) is 0 Å². The maximum absolute atomic E-state index is 13.7. The zero-order chi connectivity index (χ0) is 31.3. The van der Waals surface area contributed by atoms with Crippen LogP contribution in [0.5, 0.6) is 5.75 Å². The average Bonchev–Trinajstić information content (AvgIpc) is 3.36. The molecule has 230 valence electrons. The maximum Gasteiger partial charge on any atom is 0.0166 e. The van der Waals surface area contributed by atoms with Crippen molar-refractivity contribution in [1.82, 2.24) is 25.0 Å². The van der Waals surface area contributed by atoms with E-state index in [0.29, 0.717) is 36.3 Å². The van der Waals surface area contributed by atoms with E-state index in [0.717, 1.165) is 36.5 Å². The Balaban J connectivity index is 1.10. The average molecular weight is 801 g/mol. The number of hydrogen-bond donors (Lipinski definition) is 1. The number of halogens is 2. The summed E-state index contributed by atoms with van der Waals surface area (Å²) in [6.45, 7) is 2.85. The van der Waals surface area contributed by atoms with E-state index in [2.05, 4.69) is 15.2 Å². The number of rotatable bonds is 9. The fourth-order valence-corrected chi connectivity index (χ4v) is 5.88. The third-order valence-corrected chi connectivity index (χ3v) is 8.71. The van der Waals surface area contributed by atoms with Gasteiger partial charge in [0.1, 0.15) is 11.8 Å². The molecule has 1 N–H and O–H groups in total. The summed E-state index contributed by atoms with van der Waals surface area (Å²) in [5.41, 5.74) is 1.53. The summed E-state index contributed by atoms with van der Waals surface area (Å²) in [5, 5.41) is 12.1. The number of carbonyl (C=O) groups excluding carboxylic acids is 3. The number of ether oxygens (including phenoxy) is 1. The Kier molecular flexibility index (Phi) is 10.0. The molecule has 0 spiro atoms. The zero-order valence-corrected chi connectivity index (χ0v) is 26.8. The standard InChI is InChI=1S/C31H31AtF2N6O4/c32-22-4-2-21(3-5-22)30(43)39-13-11-38(12-14-39)10-1-15-44-24-6-7-27-26(16-24)25(8-9-36-27)29(42)37-19-28(41)40-20-31(33,34)17-23(40)18-35/h2-9,16,23H,1,10-15,17,19-20H2,(H,37,42)/t23-/m0/s1/i32+1. The molecule has 1 atom stereocenters. The van der Waals surface area contributed by atoms with E-state index in [-0.39, 0.29) is 11.5 Å². The zero-order valence-electron chi connectivity index (χ0n) is 23.8. The van der Waals surface area contributed by atoms with Gasteiger partial charge in [-0.15, -0.1) is 0 Å². The van der Waals surface area contributed by atoms with Crippen LogP contribution in [-0.2, 0) is 4.79 Å². The molecule has 2 fully saturated rings. The minimum absolute atomic E-state index is 0.0639. The number of nitrogens with one attached hydrogen (secondary N) is 1. The molecule has 3 heterocycles. The molecule has 3 amide bonds. The third-order valence-electron chi connectivity index (χ3n) is 7.74. The monoisotopic (exact) mass is 800 g/mol. The maximum atomic E-state index is 13.7. The van der Waals surface area contributed by atoms with Gasteiger partial charge in [-0.2, -0.15) is 5.26 Å². The number of fused-ring (bicyclic) bond motifs is 1. The van der Waals surface area contributed by atoms with Crippen LogP contribution < -0.4 is 13.3 Å². The Labute approximate surface area is 268 Å². The van der Waals surface area contributed by atoms with Crippen LogP contribution in [0.4, 0.5) is 8.78 Å². The molecule has 0 unspecified atom stereocenters. The first-order valence-corrected chi connectivity index (χ1v) is 15.7. The predicted octanol–water partition coefficient (Wildman–Crippen LogP) is 2.13. The van der Waals surface area contributed by atoms with Crippen LogP contribution in [0.1, 0.15) is 33.6 Å². The molecule has 0 bridgehead atoms. The topological polar surface area (TPSA) is 119 Å². The number of likely N-dealkylation sites (tertiary alicyclic amines) is 1. The van der Waals surface area contributed by atoms with Gasteiger partial charge < -0.3 is 15.0 Å². The molecule has 3 aromatic rings. The quantitative estimate of drug-likeness (QED) is 0.330. The van der Waals surface area contributed by atoms with E-state index in [9.17, 15) is 23.2 Å². The first kappa shape index (κ1) is 31.7. The van der Waals surface area contributed by atoms with Crippen LogP contribution in [0.3, 0.4) is 0 Å². The van der Waals surface area contributed by atoms with E-state index in [1.807, 2.05) is 29.2 Å². The molecule has 2 aliphatic heterocycles. The summed E-state index contributed by atoms with van der Waals surface area (Å²) < 4.78 is 34.6. The van der Waals surface area contributed by atoms with Crippen LogP contribution in [0.2, 0.25) is 0 Å². The number of nitriles is 1. The molecule has 2 saturated heterocycles. The number of aromatic nitrogens is 1. The Morgan fingerprint density at radius 1 is 1.09 bits per heavy atom. The number of pyridine rings is 1. The van der Waals surface area contributed by atoms with Gasteiger partial charge in [-0.1, -0.05) is 0 Å². The fraction of sp³-hybridized carbons (Fsp3) is 0.387. The molecule has 1 aromatic heterocycles. The molecule has 0 saturated carbocycles. The third kappa shape index (κ3) is 7.66. The number of carbonyl (C=O) groups is 3. The first-order chi connectivity index (χ1) is 21.1. The van der Waals surface area contributed by atoms with E-state index in [1.54, 1.807) is 49.0 Å². The number of alkyl halides is 2. The van der Waals surface area contributed by atoms with Gasteiger partial charge in [0.05, 0.1) is 30.2 Å². The van der Waals surface area contributed by atoms with Crippen molar-refractivity contribution in [3.8, 4) is 11.8 Å². The molecular weight excluding hydrogens is 769 g/mol. The summed E-state index contributed by atoms with van der Waals surface area (Å²) in [6.07, 6.45) is 1.53. The summed E-state index contributed by atoms with van der Waals surface area (Å²) in [6, 6.07) is 14.9. The molecule has 2 aromatic carbocycles. The van der Waals surface area contributed by atoms with E-state index >= 15 is 0 Å². The summed E-state index contributed by atoms with van der Waals surface area (Å²) >= 11 is 1.58.